The lowest BCUT2D eigenvalue weighted by Crippen LogP contribution is -2.23. The minimum absolute atomic E-state index is 0.906. The Morgan fingerprint density at radius 1 is 1.13 bits per heavy atom. The monoisotopic (exact) mass is 231 g/mol. The molecule has 0 heterocycles. The molecule has 1 nitrogen and oxygen atoms in total. The van der Waals surface area contributed by atoms with E-state index in [-0.39, 0.29) is 0 Å². The molecule has 0 bridgehead atoms. The molecule has 0 aliphatic rings. The van der Waals surface area contributed by atoms with Crippen molar-refractivity contribution in [1.29, 1.82) is 0 Å². The fraction of sp³-hybridized carbons (Fsp3) is 1.00. The third kappa shape index (κ3) is 10.6. The summed E-state index contributed by atoms with van der Waals surface area (Å²) in [5.41, 5.74) is 0. The summed E-state index contributed by atoms with van der Waals surface area (Å²) in [6, 6.07) is 0. The first-order chi connectivity index (χ1) is 7.35. The Bertz CT molecular complexity index is 117. The van der Waals surface area contributed by atoms with Gasteiger partial charge in [0.05, 0.1) is 0 Å². The van der Waals surface area contributed by atoms with E-state index in [4.69, 9.17) is 0 Å². The van der Waals surface area contributed by atoms with Crippen LogP contribution in [0.1, 0.15) is 52.9 Å². The zero-order valence-electron chi connectivity index (χ0n) is 10.8. The fourth-order valence-electron chi connectivity index (χ4n) is 1.69. The highest BCUT2D eigenvalue weighted by atomic mass is 32.2. The summed E-state index contributed by atoms with van der Waals surface area (Å²) in [6.45, 7) is 9.26. The molecule has 1 atom stereocenters. The molecule has 0 aromatic carbocycles. The smallest absolute Gasteiger partial charge is 0.00206 e. The Labute approximate surface area is 101 Å². The molecule has 0 aliphatic heterocycles. The average Bonchev–Trinajstić information content (AvgIpc) is 2.27. The van der Waals surface area contributed by atoms with E-state index in [9.17, 15) is 0 Å². The summed E-state index contributed by atoms with van der Waals surface area (Å²) in [6.07, 6.45) is 6.79. The van der Waals surface area contributed by atoms with E-state index in [1.807, 2.05) is 11.8 Å². The molecular weight excluding hydrogens is 202 g/mol. The number of rotatable bonds is 11. The normalized spacial score (nSPS) is 13.0. The Balaban J connectivity index is 3.22. The van der Waals surface area contributed by atoms with Gasteiger partial charge < -0.3 is 5.32 Å². The van der Waals surface area contributed by atoms with Crippen LogP contribution in [0.2, 0.25) is 0 Å². The highest BCUT2D eigenvalue weighted by Gasteiger charge is 2.04. The maximum atomic E-state index is 3.59. The Morgan fingerprint density at radius 3 is 2.53 bits per heavy atom. The van der Waals surface area contributed by atoms with Crippen LogP contribution in [-0.4, -0.2) is 24.6 Å². The zero-order valence-corrected chi connectivity index (χ0v) is 11.7. The van der Waals surface area contributed by atoms with Crippen molar-refractivity contribution in [3.05, 3.63) is 0 Å². The van der Waals surface area contributed by atoms with Gasteiger partial charge in [-0.15, -0.1) is 0 Å². The number of nitrogens with one attached hydrogen (secondary N) is 1. The molecule has 2 heteroatoms. The van der Waals surface area contributed by atoms with E-state index in [2.05, 4.69) is 26.1 Å². The molecule has 0 radical (unpaired) electrons. The van der Waals surface area contributed by atoms with Crippen LogP contribution >= 0.6 is 11.8 Å². The van der Waals surface area contributed by atoms with Gasteiger partial charge in [-0.3, -0.25) is 0 Å². The predicted octanol–water partition coefficient (Wildman–Crippen LogP) is 3.94. The zero-order chi connectivity index (χ0) is 11.4. The minimum atomic E-state index is 0.906. The summed E-state index contributed by atoms with van der Waals surface area (Å²) >= 11 is 2.05. The van der Waals surface area contributed by atoms with Gasteiger partial charge in [0.25, 0.3) is 0 Å². The molecule has 0 spiro atoms. The molecule has 0 amide bonds. The second kappa shape index (κ2) is 12.4. The number of hydrogen-bond acceptors (Lipinski definition) is 2. The van der Waals surface area contributed by atoms with Crippen LogP contribution < -0.4 is 5.32 Å². The third-order valence-electron chi connectivity index (χ3n) is 2.82. The number of thioether (sulfide) groups is 1. The molecule has 0 aliphatic carbocycles. The molecule has 0 saturated heterocycles. The molecule has 1 N–H and O–H groups in total. The highest BCUT2D eigenvalue weighted by Crippen LogP contribution is 2.11. The summed E-state index contributed by atoms with van der Waals surface area (Å²) in [7, 11) is 0. The van der Waals surface area contributed by atoms with E-state index >= 15 is 0 Å². The van der Waals surface area contributed by atoms with Gasteiger partial charge in [-0.2, -0.15) is 11.8 Å². The molecule has 15 heavy (non-hydrogen) atoms. The average molecular weight is 231 g/mol. The fourth-order valence-corrected chi connectivity index (χ4v) is 2.33. The van der Waals surface area contributed by atoms with Crippen LogP contribution in [0.15, 0.2) is 0 Å². The maximum Gasteiger partial charge on any atom is -0.00206 e. The van der Waals surface area contributed by atoms with Crippen LogP contribution in [0.4, 0.5) is 0 Å². The SMILES string of the molecule is CCCCC(CC)CNCCCSCC. The third-order valence-corrected chi connectivity index (χ3v) is 3.81. The van der Waals surface area contributed by atoms with Crippen molar-refractivity contribution in [3.63, 3.8) is 0 Å². The second-order valence-corrected chi connectivity index (χ2v) is 5.56. The van der Waals surface area contributed by atoms with Crippen molar-refractivity contribution in [2.45, 2.75) is 52.9 Å². The van der Waals surface area contributed by atoms with Crippen LogP contribution in [-0.2, 0) is 0 Å². The van der Waals surface area contributed by atoms with Crippen molar-refractivity contribution in [2.24, 2.45) is 5.92 Å². The molecule has 1 unspecified atom stereocenters. The van der Waals surface area contributed by atoms with E-state index in [0.717, 1.165) is 5.92 Å². The van der Waals surface area contributed by atoms with Crippen molar-refractivity contribution in [1.82, 2.24) is 5.32 Å². The summed E-state index contributed by atoms with van der Waals surface area (Å²) in [5, 5.41) is 3.59. The van der Waals surface area contributed by atoms with Crippen molar-refractivity contribution >= 4 is 11.8 Å². The Hall–Kier alpha value is 0.310. The van der Waals surface area contributed by atoms with Gasteiger partial charge in [0.1, 0.15) is 0 Å². The predicted molar refractivity (Wildman–Crippen MR) is 73.8 cm³/mol. The summed E-state index contributed by atoms with van der Waals surface area (Å²) in [4.78, 5) is 0. The lowest BCUT2D eigenvalue weighted by atomic mass is 9.99. The van der Waals surface area contributed by atoms with Crippen LogP contribution in [0.3, 0.4) is 0 Å². The largest absolute Gasteiger partial charge is 0.316 e. The number of unbranched alkanes of at least 4 members (excludes halogenated alkanes) is 1. The topological polar surface area (TPSA) is 12.0 Å². The van der Waals surface area contributed by atoms with Crippen LogP contribution in [0.25, 0.3) is 0 Å². The second-order valence-electron chi connectivity index (χ2n) is 4.17. The molecule has 0 aromatic rings. The lowest BCUT2D eigenvalue weighted by Gasteiger charge is -2.15. The standard InChI is InChI=1S/C13H29NS/c1-4-7-9-13(5-2)12-14-10-8-11-15-6-3/h13-14H,4-12H2,1-3H3. The van der Waals surface area contributed by atoms with Crippen molar-refractivity contribution < 1.29 is 0 Å². The molecule has 92 valence electrons. The summed E-state index contributed by atoms with van der Waals surface area (Å²) < 4.78 is 0. The van der Waals surface area contributed by atoms with Gasteiger partial charge in [-0.25, -0.2) is 0 Å². The van der Waals surface area contributed by atoms with Gasteiger partial charge in [-0.1, -0.05) is 40.0 Å². The van der Waals surface area contributed by atoms with E-state index in [0.29, 0.717) is 0 Å². The number of hydrogen-bond donors (Lipinski definition) is 1. The van der Waals surface area contributed by atoms with Crippen LogP contribution in [0, 0.1) is 5.92 Å². The first-order valence-electron chi connectivity index (χ1n) is 6.63. The molecular formula is C13H29NS. The first kappa shape index (κ1) is 15.3. The highest BCUT2D eigenvalue weighted by molar-refractivity contribution is 7.99. The maximum absolute atomic E-state index is 3.59. The van der Waals surface area contributed by atoms with E-state index in [1.165, 1.54) is 56.7 Å². The van der Waals surface area contributed by atoms with Gasteiger partial charge >= 0.3 is 0 Å². The Morgan fingerprint density at radius 2 is 1.93 bits per heavy atom. The lowest BCUT2D eigenvalue weighted by molar-refractivity contribution is 0.420. The van der Waals surface area contributed by atoms with Gasteiger partial charge in [0.15, 0.2) is 0 Å². The Kier molecular flexibility index (Phi) is 12.6. The van der Waals surface area contributed by atoms with E-state index < -0.39 is 0 Å². The van der Waals surface area contributed by atoms with Crippen molar-refractivity contribution in [3.8, 4) is 0 Å². The molecule has 0 aromatic heterocycles. The summed E-state index contributed by atoms with van der Waals surface area (Å²) in [5.74, 6) is 3.48. The van der Waals surface area contributed by atoms with Crippen LogP contribution in [0.5, 0.6) is 0 Å². The van der Waals surface area contributed by atoms with E-state index in [1.54, 1.807) is 0 Å². The quantitative estimate of drug-likeness (QED) is 0.541. The van der Waals surface area contributed by atoms with Gasteiger partial charge in [-0.05, 0) is 43.4 Å². The minimum Gasteiger partial charge on any atom is -0.316 e. The first-order valence-corrected chi connectivity index (χ1v) is 7.79. The van der Waals surface area contributed by atoms with Gasteiger partial charge in [0, 0.05) is 0 Å². The van der Waals surface area contributed by atoms with Crippen molar-refractivity contribution in [2.75, 3.05) is 24.6 Å². The molecule has 0 fully saturated rings. The van der Waals surface area contributed by atoms with Gasteiger partial charge in [0.2, 0.25) is 0 Å². The molecule has 0 rings (SSSR count). The molecule has 0 saturated carbocycles.